The molecule has 6 heteroatoms. The van der Waals surface area contributed by atoms with Crippen LogP contribution in [0.4, 0.5) is 5.82 Å². The van der Waals surface area contributed by atoms with Crippen molar-refractivity contribution in [2.24, 2.45) is 0 Å². The van der Waals surface area contributed by atoms with E-state index >= 15 is 0 Å². The fourth-order valence-electron chi connectivity index (χ4n) is 2.73. The molecule has 130 valence electrons. The summed E-state index contributed by atoms with van der Waals surface area (Å²) >= 11 is 1.68. The smallest absolute Gasteiger partial charge is 0.140 e. The number of rotatable bonds is 6. The van der Waals surface area contributed by atoms with Gasteiger partial charge in [0, 0.05) is 29.9 Å². The van der Waals surface area contributed by atoms with Crippen molar-refractivity contribution < 1.29 is 0 Å². The lowest BCUT2D eigenvalue weighted by Crippen LogP contribution is -2.07. The lowest BCUT2D eigenvalue weighted by molar-refractivity contribution is 0.969. The van der Waals surface area contributed by atoms with Crippen molar-refractivity contribution in [3.05, 3.63) is 77.1 Å². The third kappa shape index (κ3) is 3.81. The Morgan fingerprint density at radius 3 is 2.69 bits per heavy atom. The van der Waals surface area contributed by atoms with Gasteiger partial charge in [-0.2, -0.15) is 0 Å². The van der Waals surface area contributed by atoms with Crippen LogP contribution in [0.2, 0.25) is 0 Å². The first-order chi connectivity index (χ1) is 12.8. The molecule has 0 aliphatic heterocycles. The number of anilines is 1. The van der Waals surface area contributed by atoms with Gasteiger partial charge in [-0.1, -0.05) is 30.3 Å². The first-order valence-electron chi connectivity index (χ1n) is 8.49. The Labute approximate surface area is 156 Å². The molecule has 0 saturated carbocycles. The van der Waals surface area contributed by atoms with E-state index < -0.39 is 0 Å². The zero-order valence-corrected chi connectivity index (χ0v) is 15.3. The summed E-state index contributed by atoms with van der Waals surface area (Å²) in [7, 11) is 0. The van der Waals surface area contributed by atoms with Crippen LogP contribution in [0.25, 0.3) is 17.1 Å². The molecule has 0 amide bonds. The van der Waals surface area contributed by atoms with Crippen LogP contribution in [-0.2, 0) is 6.42 Å². The third-order valence-electron chi connectivity index (χ3n) is 4.09. The average Bonchev–Trinajstić information content (AvgIpc) is 3.35. The molecule has 0 unspecified atom stereocenters. The Hall–Kier alpha value is -2.99. The number of nitrogens with one attached hydrogen (secondary N) is 1. The van der Waals surface area contributed by atoms with E-state index in [4.69, 9.17) is 0 Å². The maximum Gasteiger partial charge on any atom is 0.140 e. The van der Waals surface area contributed by atoms with E-state index in [9.17, 15) is 0 Å². The van der Waals surface area contributed by atoms with Crippen molar-refractivity contribution in [3.63, 3.8) is 0 Å². The molecule has 1 aromatic carbocycles. The van der Waals surface area contributed by atoms with E-state index in [-0.39, 0.29) is 0 Å². The number of aromatic nitrogens is 4. The van der Waals surface area contributed by atoms with Gasteiger partial charge in [-0.25, -0.2) is 15.0 Å². The standard InChI is InChI=1S/C20H19N5S/c1-15-23-18(13-26-15)17-7-5-16(6-8-17)9-10-22-19-3-2-4-20(24-19)25-12-11-21-14-25/h2-8,11-14H,9-10H2,1H3,(H,22,24). The van der Waals surface area contributed by atoms with Gasteiger partial charge in [-0.15, -0.1) is 11.3 Å². The van der Waals surface area contributed by atoms with Crippen molar-refractivity contribution in [1.82, 2.24) is 19.5 Å². The minimum atomic E-state index is 0.829. The summed E-state index contributed by atoms with van der Waals surface area (Å²) in [6, 6.07) is 14.6. The molecule has 3 aromatic heterocycles. The van der Waals surface area contributed by atoms with E-state index in [1.807, 2.05) is 35.9 Å². The minimum absolute atomic E-state index is 0.829. The van der Waals surface area contributed by atoms with Gasteiger partial charge in [-0.3, -0.25) is 4.57 Å². The van der Waals surface area contributed by atoms with Crippen LogP contribution in [0, 0.1) is 6.92 Å². The maximum atomic E-state index is 4.61. The molecule has 4 aromatic rings. The zero-order chi connectivity index (χ0) is 17.8. The van der Waals surface area contributed by atoms with Gasteiger partial charge in [-0.05, 0) is 31.0 Å². The molecule has 0 aliphatic carbocycles. The molecule has 0 saturated heterocycles. The second-order valence-corrected chi connectivity index (χ2v) is 7.04. The predicted octanol–water partition coefficient (Wildman–Crippen LogP) is 4.35. The number of aryl methyl sites for hydroxylation is 1. The van der Waals surface area contributed by atoms with E-state index in [0.29, 0.717) is 0 Å². The molecule has 0 aliphatic rings. The highest BCUT2D eigenvalue weighted by Crippen LogP contribution is 2.22. The molecule has 3 heterocycles. The summed E-state index contributed by atoms with van der Waals surface area (Å²) in [6.45, 7) is 2.86. The molecule has 0 radical (unpaired) electrons. The van der Waals surface area contributed by atoms with Crippen molar-refractivity contribution >= 4 is 17.2 Å². The van der Waals surface area contributed by atoms with E-state index in [2.05, 4.69) is 49.9 Å². The van der Waals surface area contributed by atoms with E-state index in [1.54, 1.807) is 23.9 Å². The van der Waals surface area contributed by atoms with E-state index in [1.165, 1.54) is 11.1 Å². The summed E-state index contributed by atoms with van der Waals surface area (Å²) < 4.78 is 1.89. The largest absolute Gasteiger partial charge is 0.370 e. The van der Waals surface area contributed by atoms with Crippen LogP contribution < -0.4 is 5.32 Å². The molecule has 26 heavy (non-hydrogen) atoms. The van der Waals surface area contributed by atoms with Gasteiger partial charge in [0.2, 0.25) is 0 Å². The van der Waals surface area contributed by atoms with Crippen LogP contribution in [0.15, 0.2) is 66.6 Å². The van der Waals surface area contributed by atoms with Crippen LogP contribution in [0.1, 0.15) is 10.6 Å². The van der Waals surface area contributed by atoms with Crippen LogP contribution in [0.3, 0.4) is 0 Å². The average molecular weight is 361 g/mol. The van der Waals surface area contributed by atoms with Crippen LogP contribution in [0.5, 0.6) is 0 Å². The predicted molar refractivity (Wildman–Crippen MR) is 106 cm³/mol. The number of nitrogens with zero attached hydrogens (tertiary/aromatic N) is 4. The lowest BCUT2D eigenvalue weighted by Gasteiger charge is -2.08. The summed E-state index contributed by atoms with van der Waals surface area (Å²) in [5.74, 6) is 1.72. The Balaban J connectivity index is 1.35. The number of benzene rings is 1. The van der Waals surface area contributed by atoms with Crippen molar-refractivity contribution in [2.45, 2.75) is 13.3 Å². The summed E-state index contributed by atoms with van der Waals surface area (Å²) in [5, 5.41) is 6.59. The van der Waals surface area contributed by atoms with Gasteiger partial charge < -0.3 is 5.32 Å². The van der Waals surface area contributed by atoms with Crippen LogP contribution >= 0.6 is 11.3 Å². The van der Waals surface area contributed by atoms with Crippen molar-refractivity contribution in [2.75, 3.05) is 11.9 Å². The fraction of sp³-hybridized carbons (Fsp3) is 0.150. The number of pyridine rings is 1. The molecular formula is C20H19N5S. The van der Waals surface area contributed by atoms with Gasteiger partial charge in [0.05, 0.1) is 10.7 Å². The molecular weight excluding hydrogens is 342 g/mol. The van der Waals surface area contributed by atoms with Gasteiger partial charge in [0.25, 0.3) is 0 Å². The Morgan fingerprint density at radius 1 is 1.08 bits per heavy atom. The summed E-state index contributed by atoms with van der Waals surface area (Å²) in [6.07, 6.45) is 6.32. The molecule has 0 fully saturated rings. The maximum absolute atomic E-state index is 4.61. The molecule has 4 rings (SSSR count). The Bertz CT molecular complexity index is 974. The first-order valence-corrected chi connectivity index (χ1v) is 9.36. The molecule has 5 nitrogen and oxygen atoms in total. The van der Waals surface area contributed by atoms with Crippen molar-refractivity contribution in [3.8, 4) is 17.1 Å². The highest BCUT2D eigenvalue weighted by molar-refractivity contribution is 7.09. The van der Waals surface area contributed by atoms with E-state index in [0.717, 1.165) is 35.3 Å². The fourth-order valence-corrected chi connectivity index (χ4v) is 3.36. The lowest BCUT2D eigenvalue weighted by atomic mass is 10.1. The van der Waals surface area contributed by atoms with Gasteiger partial charge >= 0.3 is 0 Å². The monoisotopic (exact) mass is 361 g/mol. The third-order valence-corrected chi connectivity index (χ3v) is 4.87. The normalized spacial score (nSPS) is 10.8. The zero-order valence-electron chi connectivity index (χ0n) is 14.5. The Morgan fingerprint density at radius 2 is 1.96 bits per heavy atom. The van der Waals surface area contributed by atoms with Gasteiger partial charge in [0.15, 0.2) is 0 Å². The minimum Gasteiger partial charge on any atom is -0.370 e. The highest BCUT2D eigenvalue weighted by Gasteiger charge is 2.03. The first kappa shape index (κ1) is 16.5. The number of imidazole rings is 1. The second kappa shape index (κ2) is 7.49. The van der Waals surface area contributed by atoms with Gasteiger partial charge in [0.1, 0.15) is 18.0 Å². The number of hydrogen-bond donors (Lipinski definition) is 1. The van der Waals surface area contributed by atoms with Crippen molar-refractivity contribution in [1.29, 1.82) is 0 Å². The number of hydrogen-bond acceptors (Lipinski definition) is 5. The number of thiazole rings is 1. The summed E-state index contributed by atoms with van der Waals surface area (Å²) in [5.41, 5.74) is 3.51. The quantitative estimate of drug-likeness (QED) is 0.555. The molecule has 1 N–H and O–H groups in total. The molecule has 0 atom stereocenters. The Kier molecular flexibility index (Phi) is 4.75. The SMILES string of the molecule is Cc1nc(-c2ccc(CCNc3cccc(-n4ccnc4)n3)cc2)cs1. The van der Waals surface area contributed by atoms with Crippen LogP contribution in [-0.4, -0.2) is 26.1 Å². The highest BCUT2D eigenvalue weighted by atomic mass is 32.1. The molecule has 0 spiro atoms. The molecule has 0 bridgehead atoms. The topological polar surface area (TPSA) is 55.6 Å². The summed E-state index contributed by atoms with van der Waals surface area (Å²) in [4.78, 5) is 13.2. The second-order valence-electron chi connectivity index (χ2n) is 5.98.